The Kier molecular flexibility index (Phi) is 6.40. The van der Waals surface area contributed by atoms with Crippen molar-refractivity contribution < 1.29 is 19.0 Å². The molecule has 1 N–H and O–H groups in total. The Morgan fingerprint density at radius 3 is 2.59 bits per heavy atom. The maximum atomic E-state index is 11.2. The molecule has 0 saturated carbocycles. The molecule has 8 nitrogen and oxygen atoms in total. The van der Waals surface area contributed by atoms with Crippen LogP contribution < -0.4 is 14.2 Å². The van der Waals surface area contributed by atoms with Crippen LogP contribution in [-0.4, -0.2) is 41.3 Å². The molecule has 2 aromatic carbocycles. The van der Waals surface area contributed by atoms with Crippen LogP contribution >= 0.6 is 12.2 Å². The van der Waals surface area contributed by atoms with Gasteiger partial charge < -0.3 is 14.2 Å². The van der Waals surface area contributed by atoms with E-state index in [-0.39, 0.29) is 0 Å². The van der Waals surface area contributed by atoms with Crippen molar-refractivity contribution in [3.63, 3.8) is 0 Å². The fourth-order valence-electron chi connectivity index (χ4n) is 2.61. The first kappa shape index (κ1) is 20.3. The molecule has 1 aromatic heterocycles. The van der Waals surface area contributed by atoms with Gasteiger partial charge in [-0.15, -0.1) is 0 Å². The molecule has 3 rings (SSSR count). The van der Waals surface area contributed by atoms with Gasteiger partial charge in [-0.1, -0.05) is 12.1 Å². The molecular formula is C20H20N4O4S. The Hall–Kier alpha value is -3.46. The van der Waals surface area contributed by atoms with E-state index in [1.54, 1.807) is 36.2 Å². The highest BCUT2D eigenvalue weighted by Crippen LogP contribution is 2.27. The van der Waals surface area contributed by atoms with Crippen LogP contribution in [-0.2, 0) is 11.2 Å². The van der Waals surface area contributed by atoms with Crippen LogP contribution in [0.4, 0.5) is 0 Å². The second-order valence-electron chi connectivity index (χ2n) is 6.03. The number of carbonyl (C=O) groups excluding carboxylic acids is 1. The molecule has 0 unspecified atom stereocenters. The van der Waals surface area contributed by atoms with Crippen LogP contribution in [0.3, 0.4) is 0 Å². The van der Waals surface area contributed by atoms with Crippen LogP contribution in [0.5, 0.6) is 17.2 Å². The number of rotatable bonds is 7. The molecule has 0 aliphatic rings. The lowest BCUT2D eigenvalue weighted by Crippen LogP contribution is -2.03. The molecule has 0 fully saturated rings. The number of hydrogen-bond acceptors (Lipinski definition) is 7. The third-order valence-corrected chi connectivity index (χ3v) is 4.27. The number of carbonyl (C=O) groups is 1. The van der Waals surface area contributed by atoms with Gasteiger partial charge in [0, 0.05) is 13.3 Å². The predicted octanol–water partition coefficient (Wildman–Crippen LogP) is 3.36. The van der Waals surface area contributed by atoms with E-state index in [2.05, 4.69) is 15.3 Å². The molecule has 0 amide bonds. The number of nitrogens with zero attached hydrogens (tertiary/aromatic N) is 3. The molecule has 0 bridgehead atoms. The standard InChI is InChI=1S/C20H20N4O4S/c1-13(25)28-17-9-6-15(10-18(17)27-3)12-21-24-19(22-23-20(24)29)11-14-4-7-16(26-2)8-5-14/h4-10,12H,11H2,1-3H3,(H,23,29)/b21-12-. The topological polar surface area (TPSA) is 90.7 Å². The van der Waals surface area contributed by atoms with Crippen molar-refractivity contribution in [1.29, 1.82) is 0 Å². The second-order valence-corrected chi connectivity index (χ2v) is 6.42. The Balaban J connectivity index is 1.83. The van der Waals surface area contributed by atoms with Crippen LogP contribution in [0.15, 0.2) is 47.6 Å². The molecule has 150 valence electrons. The first-order valence-corrected chi connectivity index (χ1v) is 9.11. The van der Waals surface area contributed by atoms with Crippen LogP contribution in [0.1, 0.15) is 23.9 Å². The quantitative estimate of drug-likeness (QED) is 0.277. The zero-order chi connectivity index (χ0) is 20.8. The van der Waals surface area contributed by atoms with Crippen LogP contribution in [0.25, 0.3) is 0 Å². The number of methoxy groups -OCH3 is 2. The minimum Gasteiger partial charge on any atom is -0.497 e. The summed E-state index contributed by atoms with van der Waals surface area (Å²) in [5.41, 5.74) is 1.79. The van der Waals surface area contributed by atoms with E-state index in [0.717, 1.165) is 16.9 Å². The fourth-order valence-corrected chi connectivity index (χ4v) is 2.81. The number of ether oxygens (including phenoxy) is 3. The number of H-pyrrole nitrogens is 1. The number of benzene rings is 2. The van der Waals surface area contributed by atoms with Crippen molar-refractivity contribution in [3.05, 3.63) is 64.2 Å². The molecule has 1 heterocycles. The highest BCUT2D eigenvalue weighted by atomic mass is 32.1. The SMILES string of the molecule is COc1ccc(Cc2n[nH]c(=S)n2/N=C\c2ccc(OC(C)=O)c(OC)c2)cc1. The van der Waals surface area contributed by atoms with Gasteiger partial charge in [0.1, 0.15) is 5.75 Å². The van der Waals surface area contributed by atoms with E-state index in [4.69, 9.17) is 26.4 Å². The molecule has 0 aliphatic carbocycles. The Bertz CT molecular complexity index is 1090. The van der Waals surface area contributed by atoms with Crippen molar-refractivity contribution in [2.75, 3.05) is 14.2 Å². The van der Waals surface area contributed by atoms with E-state index in [1.807, 2.05) is 24.3 Å². The van der Waals surface area contributed by atoms with Gasteiger partial charge in [-0.3, -0.25) is 9.89 Å². The van der Waals surface area contributed by atoms with Crippen molar-refractivity contribution in [1.82, 2.24) is 14.9 Å². The maximum absolute atomic E-state index is 11.2. The lowest BCUT2D eigenvalue weighted by atomic mass is 10.1. The molecule has 29 heavy (non-hydrogen) atoms. The Morgan fingerprint density at radius 1 is 1.17 bits per heavy atom. The number of hydrogen-bond donors (Lipinski definition) is 1. The summed E-state index contributed by atoms with van der Waals surface area (Å²) in [7, 11) is 3.13. The lowest BCUT2D eigenvalue weighted by Gasteiger charge is -2.08. The van der Waals surface area contributed by atoms with Crippen molar-refractivity contribution in [3.8, 4) is 17.2 Å². The van der Waals surface area contributed by atoms with Crippen molar-refractivity contribution in [2.24, 2.45) is 5.10 Å². The monoisotopic (exact) mass is 412 g/mol. The first-order chi connectivity index (χ1) is 14.0. The summed E-state index contributed by atoms with van der Waals surface area (Å²) in [5, 5.41) is 11.5. The van der Waals surface area contributed by atoms with Crippen molar-refractivity contribution in [2.45, 2.75) is 13.3 Å². The highest BCUT2D eigenvalue weighted by molar-refractivity contribution is 7.71. The number of aromatic nitrogens is 3. The van der Waals surface area contributed by atoms with Gasteiger partial charge in [0.2, 0.25) is 4.77 Å². The van der Waals surface area contributed by atoms with Gasteiger partial charge in [0.15, 0.2) is 17.3 Å². The fraction of sp³-hybridized carbons (Fsp3) is 0.200. The maximum Gasteiger partial charge on any atom is 0.308 e. The summed E-state index contributed by atoms with van der Waals surface area (Å²) in [5.74, 6) is 1.81. The molecule has 0 saturated heterocycles. The Morgan fingerprint density at radius 2 is 1.93 bits per heavy atom. The van der Waals surface area contributed by atoms with Gasteiger partial charge in [-0.05, 0) is 53.7 Å². The van der Waals surface area contributed by atoms with Gasteiger partial charge in [-0.25, -0.2) is 0 Å². The zero-order valence-electron chi connectivity index (χ0n) is 16.2. The van der Waals surface area contributed by atoms with Gasteiger partial charge in [0.05, 0.1) is 20.4 Å². The lowest BCUT2D eigenvalue weighted by molar-refractivity contribution is -0.132. The highest BCUT2D eigenvalue weighted by Gasteiger charge is 2.09. The van der Waals surface area contributed by atoms with Gasteiger partial charge in [-0.2, -0.15) is 14.9 Å². The largest absolute Gasteiger partial charge is 0.497 e. The predicted molar refractivity (Wildman–Crippen MR) is 111 cm³/mol. The number of aromatic amines is 1. The number of nitrogens with one attached hydrogen (secondary N) is 1. The van der Waals surface area contributed by atoms with Crippen molar-refractivity contribution >= 4 is 24.4 Å². The van der Waals surface area contributed by atoms with Gasteiger partial charge in [0.25, 0.3) is 0 Å². The van der Waals surface area contributed by atoms with E-state index >= 15 is 0 Å². The third-order valence-electron chi connectivity index (χ3n) is 4.00. The zero-order valence-corrected chi connectivity index (χ0v) is 17.0. The van der Waals surface area contributed by atoms with E-state index in [1.165, 1.54) is 14.0 Å². The van der Waals surface area contributed by atoms with E-state index < -0.39 is 5.97 Å². The first-order valence-electron chi connectivity index (χ1n) is 8.70. The minimum absolute atomic E-state index is 0.345. The van der Waals surface area contributed by atoms with E-state index in [0.29, 0.717) is 28.5 Å². The molecule has 0 aliphatic heterocycles. The summed E-state index contributed by atoms with van der Waals surface area (Å²) in [6.45, 7) is 1.33. The van der Waals surface area contributed by atoms with Crippen LogP contribution in [0.2, 0.25) is 0 Å². The molecule has 0 radical (unpaired) electrons. The molecule has 9 heteroatoms. The molecule has 0 atom stereocenters. The number of esters is 1. The molecular weight excluding hydrogens is 392 g/mol. The summed E-state index contributed by atoms with van der Waals surface area (Å²) in [6, 6.07) is 12.8. The summed E-state index contributed by atoms with van der Waals surface area (Å²) < 4.78 is 17.5. The summed E-state index contributed by atoms with van der Waals surface area (Å²) >= 11 is 5.29. The average Bonchev–Trinajstić information content (AvgIpc) is 3.06. The summed E-state index contributed by atoms with van der Waals surface area (Å²) in [6.07, 6.45) is 2.17. The van der Waals surface area contributed by atoms with Crippen LogP contribution in [0, 0.1) is 4.77 Å². The smallest absolute Gasteiger partial charge is 0.308 e. The summed E-state index contributed by atoms with van der Waals surface area (Å²) in [4.78, 5) is 11.2. The minimum atomic E-state index is -0.419. The third kappa shape index (κ3) is 5.08. The molecule has 0 spiro atoms. The Labute approximate surface area is 172 Å². The normalized spacial score (nSPS) is 10.9. The molecule has 3 aromatic rings. The van der Waals surface area contributed by atoms with E-state index in [9.17, 15) is 4.79 Å². The average molecular weight is 412 g/mol. The van der Waals surface area contributed by atoms with Gasteiger partial charge >= 0.3 is 5.97 Å². The second kappa shape index (κ2) is 9.16.